The van der Waals surface area contributed by atoms with Crippen LogP contribution >= 0.6 is 0 Å². The second kappa shape index (κ2) is 8.23. The first kappa shape index (κ1) is 16.1. The van der Waals surface area contributed by atoms with Crippen molar-refractivity contribution in [2.75, 3.05) is 20.1 Å². The summed E-state index contributed by atoms with van der Waals surface area (Å²) in [6.45, 7) is 6.41. The summed E-state index contributed by atoms with van der Waals surface area (Å²) in [5.41, 5.74) is 0.127. The summed E-state index contributed by atoms with van der Waals surface area (Å²) < 4.78 is 26.7. The summed E-state index contributed by atoms with van der Waals surface area (Å²) in [7, 11) is 2.10. The lowest BCUT2D eigenvalue weighted by Gasteiger charge is -2.20. The van der Waals surface area contributed by atoms with E-state index in [0.29, 0.717) is 6.04 Å². The molecule has 0 aliphatic rings. The van der Waals surface area contributed by atoms with Crippen LogP contribution in [0.4, 0.5) is 8.78 Å². The van der Waals surface area contributed by atoms with Crippen molar-refractivity contribution >= 4 is 0 Å². The number of halogens is 2. The van der Waals surface area contributed by atoms with Crippen LogP contribution in [0.2, 0.25) is 0 Å². The molecule has 0 atom stereocenters. The number of rotatable bonds is 8. The van der Waals surface area contributed by atoms with Gasteiger partial charge in [0.15, 0.2) is 0 Å². The van der Waals surface area contributed by atoms with Gasteiger partial charge in [0.25, 0.3) is 0 Å². The summed E-state index contributed by atoms with van der Waals surface area (Å²) >= 11 is 0. The molecule has 0 aliphatic heterocycles. The first-order valence-corrected chi connectivity index (χ1v) is 6.86. The van der Waals surface area contributed by atoms with Crippen molar-refractivity contribution in [2.45, 2.75) is 39.3 Å². The topological polar surface area (TPSA) is 15.3 Å². The van der Waals surface area contributed by atoms with E-state index in [1.165, 1.54) is 18.2 Å². The SMILES string of the molecule is CC(C)N(C)CCCCNCc1c(F)cccc1F. The van der Waals surface area contributed by atoms with Gasteiger partial charge in [-0.05, 0) is 59.0 Å². The van der Waals surface area contributed by atoms with Crippen molar-refractivity contribution in [2.24, 2.45) is 0 Å². The number of unbranched alkanes of at least 4 members (excludes halogenated alkanes) is 1. The number of nitrogens with zero attached hydrogens (tertiary/aromatic N) is 1. The van der Waals surface area contributed by atoms with Crippen LogP contribution in [0.1, 0.15) is 32.3 Å². The molecule has 2 nitrogen and oxygen atoms in total. The van der Waals surface area contributed by atoms with Crippen molar-refractivity contribution in [3.63, 3.8) is 0 Å². The lowest BCUT2D eigenvalue weighted by molar-refractivity contribution is 0.268. The maximum atomic E-state index is 13.3. The Balaban J connectivity index is 2.18. The fourth-order valence-electron chi connectivity index (χ4n) is 1.78. The lowest BCUT2D eigenvalue weighted by atomic mass is 10.2. The molecule has 0 radical (unpaired) electrons. The molecule has 0 saturated carbocycles. The molecule has 108 valence electrons. The Morgan fingerprint density at radius 3 is 2.37 bits per heavy atom. The zero-order valence-corrected chi connectivity index (χ0v) is 12.0. The first-order valence-electron chi connectivity index (χ1n) is 6.86. The quantitative estimate of drug-likeness (QED) is 0.730. The van der Waals surface area contributed by atoms with Gasteiger partial charge < -0.3 is 10.2 Å². The second-order valence-corrected chi connectivity index (χ2v) is 5.16. The van der Waals surface area contributed by atoms with Crippen LogP contribution in [0.5, 0.6) is 0 Å². The Morgan fingerprint density at radius 1 is 1.16 bits per heavy atom. The Hall–Kier alpha value is -1.00. The average Bonchev–Trinajstić information content (AvgIpc) is 2.36. The van der Waals surface area contributed by atoms with E-state index in [4.69, 9.17) is 0 Å². The monoisotopic (exact) mass is 270 g/mol. The minimum absolute atomic E-state index is 0.127. The molecule has 0 aromatic heterocycles. The van der Waals surface area contributed by atoms with Gasteiger partial charge in [0, 0.05) is 18.2 Å². The van der Waals surface area contributed by atoms with Gasteiger partial charge >= 0.3 is 0 Å². The van der Waals surface area contributed by atoms with Gasteiger partial charge in [-0.3, -0.25) is 0 Å². The highest BCUT2D eigenvalue weighted by Gasteiger charge is 2.07. The fraction of sp³-hybridized carbons (Fsp3) is 0.600. The molecule has 0 unspecified atom stereocenters. The maximum absolute atomic E-state index is 13.3. The third kappa shape index (κ3) is 5.66. The molecular weight excluding hydrogens is 246 g/mol. The summed E-state index contributed by atoms with van der Waals surface area (Å²) in [6, 6.07) is 4.52. The van der Waals surface area contributed by atoms with E-state index < -0.39 is 11.6 Å². The number of hydrogen-bond donors (Lipinski definition) is 1. The van der Waals surface area contributed by atoms with Crippen LogP contribution in [0, 0.1) is 11.6 Å². The third-order valence-electron chi connectivity index (χ3n) is 3.36. The molecule has 1 aromatic rings. The molecule has 0 aliphatic carbocycles. The van der Waals surface area contributed by atoms with Crippen LogP contribution in [-0.4, -0.2) is 31.1 Å². The average molecular weight is 270 g/mol. The van der Waals surface area contributed by atoms with E-state index in [-0.39, 0.29) is 12.1 Å². The van der Waals surface area contributed by atoms with Crippen LogP contribution in [0.3, 0.4) is 0 Å². The molecule has 0 bridgehead atoms. The highest BCUT2D eigenvalue weighted by Crippen LogP contribution is 2.11. The normalized spacial score (nSPS) is 11.5. The molecule has 4 heteroatoms. The number of hydrogen-bond acceptors (Lipinski definition) is 2. The standard InChI is InChI=1S/C15H24F2N2/c1-12(2)19(3)10-5-4-9-18-11-13-14(16)7-6-8-15(13)17/h6-8,12,18H,4-5,9-11H2,1-3H3. The molecular formula is C15H24F2N2. The second-order valence-electron chi connectivity index (χ2n) is 5.16. The largest absolute Gasteiger partial charge is 0.312 e. The van der Waals surface area contributed by atoms with E-state index in [1.54, 1.807) is 0 Å². The van der Waals surface area contributed by atoms with E-state index in [1.807, 2.05) is 0 Å². The van der Waals surface area contributed by atoms with Gasteiger partial charge in [0.2, 0.25) is 0 Å². The van der Waals surface area contributed by atoms with Crippen molar-refractivity contribution in [1.29, 1.82) is 0 Å². The molecule has 19 heavy (non-hydrogen) atoms. The molecule has 0 spiro atoms. The van der Waals surface area contributed by atoms with Crippen molar-refractivity contribution < 1.29 is 8.78 Å². The third-order valence-corrected chi connectivity index (χ3v) is 3.36. The van der Waals surface area contributed by atoms with Crippen molar-refractivity contribution in [3.8, 4) is 0 Å². The molecule has 1 aromatic carbocycles. The lowest BCUT2D eigenvalue weighted by Crippen LogP contribution is -2.27. The van der Waals surface area contributed by atoms with Crippen molar-refractivity contribution in [3.05, 3.63) is 35.4 Å². The van der Waals surface area contributed by atoms with E-state index in [9.17, 15) is 8.78 Å². The van der Waals surface area contributed by atoms with Crippen LogP contribution in [0.15, 0.2) is 18.2 Å². The molecule has 1 rings (SSSR count). The summed E-state index contributed by atoms with van der Waals surface area (Å²) in [5.74, 6) is -0.959. The Bertz CT molecular complexity index is 360. The van der Waals surface area contributed by atoms with E-state index in [0.717, 1.165) is 25.9 Å². The zero-order chi connectivity index (χ0) is 14.3. The van der Waals surface area contributed by atoms with Crippen molar-refractivity contribution in [1.82, 2.24) is 10.2 Å². The molecule has 0 amide bonds. The van der Waals surface area contributed by atoms with Gasteiger partial charge in [-0.25, -0.2) is 8.78 Å². The predicted molar refractivity (Wildman–Crippen MR) is 75.1 cm³/mol. The van der Waals surface area contributed by atoms with Gasteiger partial charge in [-0.2, -0.15) is 0 Å². The Kier molecular flexibility index (Phi) is 6.95. The first-order chi connectivity index (χ1) is 9.02. The smallest absolute Gasteiger partial charge is 0.130 e. The molecule has 0 saturated heterocycles. The van der Waals surface area contributed by atoms with Gasteiger partial charge in [0.1, 0.15) is 11.6 Å². The highest BCUT2D eigenvalue weighted by molar-refractivity contribution is 5.19. The molecule has 0 heterocycles. The zero-order valence-electron chi connectivity index (χ0n) is 12.0. The van der Waals surface area contributed by atoms with Gasteiger partial charge in [-0.15, -0.1) is 0 Å². The number of nitrogens with one attached hydrogen (secondary N) is 1. The minimum Gasteiger partial charge on any atom is -0.312 e. The summed E-state index contributed by atoms with van der Waals surface area (Å²) in [6.07, 6.45) is 2.09. The van der Waals surface area contributed by atoms with Crippen LogP contribution in [-0.2, 0) is 6.54 Å². The molecule has 0 fully saturated rings. The van der Waals surface area contributed by atoms with Gasteiger partial charge in [0.05, 0.1) is 0 Å². The Morgan fingerprint density at radius 2 is 1.79 bits per heavy atom. The summed E-state index contributed by atoms with van der Waals surface area (Å²) in [5, 5.41) is 3.09. The predicted octanol–water partition coefficient (Wildman–Crippen LogP) is 3.17. The minimum atomic E-state index is -0.480. The Labute approximate surface area is 114 Å². The number of benzene rings is 1. The highest BCUT2D eigenvalue weighted by atomic mass is 19.1. The van der Waals surface area contributed by atoms with E-state index in [2.05, 4.69) is 31.1 Å². The van der Waals surface area contributed by atoms with Gasteiger partial charge in [-0.1, -0.05) is 6.07 Å². The van der Waals surface area contributed by atoms with Crippen LogP contribution < -0.4 is 5.32 Å². The molecule has 1 N–H and O–H groups in total. The maximum Gasteiger partial charge on any atom is 0.130 e. The fourth-order valence-corrected chi connectivity index (χ4v) is 1.78. The van der Waals surface area contributed by atoms with E-state index >= 15 is 0 Å². The van der Waals surface area contributed by atoms with Crippen LogP contribution in [0.25, 0.3) is 0 Å². The summed E-state index contributed by atoms with van der Waals surface area (Å²) in [4.78, 5) is 2.29.